The van der Waals surface area contributed by atoms with Gasteiger partial charge in [-0.15, -0.1) is 0 Å². The third kappa shape index (κ3) is 6.01. The Bertz CT molecular complexity index is 599. The maximum atomic E-state index is 12.8. The molecule has 1 amide bonds. The van der Waals surface area contributed by atoms with Crippen molar-refractivity contribution in [2.75, 3.05) is 6.61 Å². The number of carbonyl (C=O) groups is 2. The number of hydrogen-bond donors (Lipinski definition) is 2. The Hall–Kier alpha value is -2.51. The summed E-state index contributed by atoms with van der Waals surface area (Å²) in [6.45, 7) is 5.41. The number of hydrogen-bond acceptors (Lipinski definition) is 3. The van der Waals surface area contributed by atoms with Gasteiger partial charge in [-0.05, 0) is 24.6 Å². The van der Waals surface area contributed by atoms with Crippen molar-refractivity contribution in [1.29, 1.82) is 0 Å². The number of aliphatic carboxylic acids is 1. The van der Waals surface area contributed by atoms with Crippen LogP contribution in [0.15, 0.2) is 36.4 Å². The Morgan fingerprint density at radius 2 is 1.96 bits per heavy atom. The van der Waals surface area contributed by atoms with Crippen LogP contribution in [0.3, 0.4) is 0 Å². The normalized spacial score (nSPS) is 12.3. The van der Waals surface area contributed by atoms with Crippen LogP contribution in [0.4, 0.5) is 13.2 Å². The zero-order valence-electron chi connectivity index (χ0n) is 12.3. The highest BCUT2D eigenvalue weighted by Gasteiger charge is 2.42. The van der Waals surface area contributed by atoms with Crippen molar-refractivity contribution < 1.29 is 32.6 Å². The predicted molar refractivity (Wildman–Crippen MR) is 76.3 cm³/mol. The van der Waals surface area contributed by atoms with E-state index in [0.29, 0.717) is 5.57 Å². The number of carboxylic acid groups (broad SMARTS) is 1. The van der Waals surface area contributed by atoms with E-state index in [0.717, 1.165) is 0 Å². The Morgan fingerprint density at radius 1 is 1.35 bits per heavy atom. The summed E-state index contributed by atoms with van der Waals surface area (Å²) in [7, 11) is 0. The molecule has 0 aliphatic carbocycles. The van der Waals surface area contributed by atoms with Gasteiger partial charge in [-0.25, -0.2) is 0 Å². The largest absolute Gasteiger partial charge is 0.488 e. The van der Waals surface area contributed by atoms with Gasteiger partial charge in [0.15, 0.2) is 0 Å². The van der Waals surface area contributed by atoms with Crippen LogP contribution in [0.1, 0.15) is 23.7 Å². The highest BCUT2D eigenvalue weighted by Crippen LogP contribution is 2.24. The van der Waals surface area contributed by atoms with Crippen LogP contribution in [-0.4, -0.2) is 35.8 Å². The van der Waals surface area contributed by atoms with Gasteiger partial charge in [-0.2, -0.15) is 13.2 Å². The van der Waals surface area contributed by atoms with E-state index in [-0.39, 0.29) is 17.9 Å². The summed E-state index contributed by atoms with van der Waals surface area (Å²) in [6.07, 6.45) is -6.13. The molecule has 1 aromatic carbocycles. The Morgan fingerprint density at radius 3 is 2.48 bits per heavy atom. The molecule has 1 atom stereocenters. The molecule has 0 aliphatic heterocycles. The van der Waals surface area contributed by atoms with Gasteiger partial charge in [-0.3, -0.25) is 9.59 Å². The molecule has 2 N–H and O–H groups in total. The fourth-order valence-electron chi connectivity index (χ4n) is 1.64. The summed E-state index contributed by atoms with van der Waals surface area (Å²) < 4.78 is 43.7. The number of ether oxygens (including phenoxy) is 1. The molecule has 0 fully saturated rings. The van der Waals surface area contributed by atoms with E-state index in [9.17, 15) is 22.8 Å². The third-order valence-corrected chi connectivity index (χ3v) is 2.68. The Balaban J connectivity index is 2.95. The lowest BCUT2D eigenvalue weighted by Gasteiger charge is -2.20. The first kappa shape index (κ1) is 18.5. The molecular formula is C15H16F3NO4. The van der Waals surface area contributed by atoms with Crippen LogP contribution in [0.2, 0.25) is 0 Å². The number of nitrogens with one attached hydrogen (secondary N) is 1. The first-order chi connectivity index (χ1) is 10.6. The van der Waals surface area contributed by atoms with Gasteiger partial charge in [0.25, 0.3) is 5.91 Å². The van der Waals surface area contributed by atoms with Gasteiger partial charge in [0.1, 0.15) is 18.4 Å². The minimum absolute atomic E-state index is 0.0873. The number of alkyl halides is 3. The molecule has 1 aromatic rings. The first-order valence-electron chi connectivity index (χ1n) is 6.57. The van der Waals surface area contributed by atoms with Crippen molar-refractivity contribution in [2.24, 2.45) is 0 Å². The smallest absolute Gasteiger partial charge is 0.409 e. The lowest BCUT2D eigenvalue weighted by Crippen LogP contribution is -2.46. The summed E-state index contributed by atoms with van der Waals surface area (Å²) in [6, 6.07) is 3.25. The molecule has 5 nitrogen and oxygen atoms in total. The van der Waals surface area contributed by atoms with Crippen LogP contribution >= 0.6 is 0 Å². The van der Waals surface area contributed by atoms with Gasteiger partial charge in [-0.1, -0.05) is 18.7 Å². The van der Waals surface area contributed by atoms with Crippen LogP contribution in [0, 0.1) is 0 Å². The summed E-state index contributed by atoms with van der Waals surface area (Å²) in [5.74, 6) is -2.64. The van der Waals surface area contributed by atoms with E-state index in [1.165, 1.54) is 18.2 Å². The molecule has 8 heteroatoms. The second-order valence-electron chi connectivity index (χ2n) is 4.91. The van der Waals surface area contributed by atoms with Crippen molar-refractivity contribution >= 4 is 11.9 Å². The van der Waals surface area contributed by atoms with E-state index < -0.39 is 30.5 Å². The van der Waals surface area contributed by atoms with Crippen molar-refractivity contribution in [1.82, 2.24) is 5.32 Å². The molecule has 0 spiro atoms. The SMILES string of the molecule is C=C(C)COc1ccccc1C(=O)N[C@H](CC(=O)O)C(F)(F)F. The van der Waals surface area contributed by atoms with Crippen molar-refractivity contribution in [3.05, 3.63) is 42.0 Å². The molecule has 0 unspecified atom stereocenters. The summed E-state index contributed by atoms with van der Waals surface area (Å²) >= 11 is 0. The zero-order valence-corrected chi connectivity index (χ0v) is 12.3. The summed E-state index contributed by atoms with van der Waals surface area (Å²) in [5, 5.41) is 10.2. The summed E-state index contributed by atoms with van der Waals surface area (Å²) in [4.78, 5) is 22.6. The van der Waals surface area contributed by atoms with Gasteiger partial charge < -0.3 is 15.2 Å². The minimum Gasteiger partial charge on any atom is -0.488 e. The monoisotopic (exact) mass is 331 g/mol. The molecule has 23 heavy (non-hydrogen) atoms. The van der Waals surface area contributed by atoms with Crippen LogP contribution < -0.4 is 10.1 Å². The van der Waals surface area contributed by atoms with Gasteiger partial charge in [0.2, 0.25) is 0 Å². The lowest BCUT2D eigenvalue weighted by atomic mass is 10.1. The van der Waals surface area contributed by atoms with Crippen LogP contribution in [0.25, 0.3) is 0 Å². The maximum absolute atomic E-state index is 12.8. The van der Waals surface area contributed by atoms with E-state index in [1.54, 1.807) is 18.3 Å². The van der Waals surface area contributed by atoms with Gasteiger partial charge >= 0.3 is 12.1 Å². The summed E-state index contributed by atoms with van der Waals surface area (Å²) in [5.41, 5.74) is 0.549. The number of halogens is 3. The van der Waals surface area contributed by atoms with Crippen LogP contribution in [0.5, 0.6) is 5.75 Å². The van der Waals surface area contributed by atoms with Crippen LogP contribution in [-0.2, 0) is 4.79 Å². The topological polar surface area (TPSA) is 75.6 Å². The average molecular weight is 331 g/mol. The average Bonchev–Trinajstić information content (AvgIpc) is 2.43. The highest BCUT2D eigenvalue weighted by atomic mass is 19.4. The standard InChI is InChI=1S/C15H16F3NO4/c1-9(2)8-23-11-6-4-3-5-10(11)14(22)19-12(7-13(20)21)15(16,17)18/h3-6,12H,1,7-8H2,2H3,(H,19,22)(H,20,21)/t12-/m1/s1. The quantitative estimate of drug-likeness (QED) is 0.753. The Labute approximate surface area is 130 Å². The first-order valence-corrected chi connectivity index (χ1v) is 6.57. The molecular weight excluding hydrogens is 315 g/mol. The highest BCUT2D eigenvalue weighted by molar-refractivity contribution is 5.97. The fraction of sp³-hybridized carbons (Fsp3) is 0.333. The van der Waals surface area contributed by atoms with Crippen molar-refractivity contribution in [3.63, 3.8) is 0 Å². The van der Waals surface area contributed by atoms with E-state index in [1.807, 2.05) is 0 Å². The molecule has 0 bridgehead atoms. The Kier molecular flexibility index (Phi) is 6.18. The maximum Gasteiger partial charge on any atom is 0.409 e. The molecule has 0 saturated heterocycles. The molecule has 1 rings (SSSR count). The number of amides is 1. The van der Waals surface area contributed by atoms with E-state index in [4.69, 9.17) is 9.84 Å². The lowest BCUT2D eigenvalue weighted by molar-refractivity contribution is -0.165. The number of carboxylic acids is 1. The van der Waals surface area contributed by atoms with Gasteiger partial charge in [0.05, 0.1) is 12.0 Å². The molecule has 0 saturated carbocycles. The number of rotatable bonds is 7. The second kappa shape index (κ2) is 7.66. The minimum atomic E-state index is -4.87. The predicted octanol–water partition coefficient (Wildman–Crippen LogP) is 2.78. The van der Waals surface area contributed by atoms with Crippen molar-refractivity contribution in [2.45, 2.75) is 25.6 Å². The molecule has 0 aliphatic rings. The second-order valence-corrected chi connectivity index (χ2v) is 4.91. The molecule has 0 aromatic heterocycles. The third-order valence-electron chi connectivity index (χ3n) is 2.68. The number of carbonyl (C=O) groups excluding carboxylic acids is 1. The number of para-hydroxylation sites is 1. The molecule has 0 heterocycles. The van der Waals surface area contributed by atoms with E-state index in [2.05, 4.69) is 6.58 Å². The fourth-order valence-corrected chi connectivity index (χ4v) is 1.64. The van der Waals surface area contributed by atoms with Gasteiger partial charge in [0, 0.05) is 0 Å². The van der Waals surface area contributed by atoms with Crippen molar-refractivity contribution in [3.8, 4) is 5.75 Å². The molecule has 126 valence electrons. The van der Waals surface area contributed by atoms with E-state index >= 15 is 0 Å². The number of benzene rings is 1. The zero-order chi connectivity index (χ0) is 17.6. The molecule has 0 radical (unpaired) electrons.